The molecule has 6 heteroatoms. The number of pyridine rings is 1. The topological polar surface area (TPSA) is 50.3 Å². The first-order chi connectivity index (χ1) is 13.0. The number of halogens is 1. The SMILES string of the molecule is CC1CCCN(Cc2cccc3cc(S(=O)(=O)c4ccccc4)cnc23)C1.Cl. The standard InChI is InChI=1S/C22H24N2O2S.ClH/c1-17-7-6-12-24(15-17)16-19-9-5-8-18-13-21(14-23-22(18)19)27(25,26)20-10-3-2-4-11-20;/h2-5,8-11,13-14,17H,6-7,12,15-16H2,1H3;1H. The van der Waals surface area contributed by atoms with Crippen molar-refractivity contribution in [3.8, 4) is 0 Å². The molecule has 2 aromatic carbocycles. The van der Waals surface area contributed by atoms with Gasteiger partial charge in [0, 0.05) is 24.7 Å². The molecule has 0 amide bonds. The highest BCUT2D eigenvalue weighted by Crippen LogP contribution is 2.26. The first-order valence-electron chi connectivity index (χ1n) is 9.44. The Morgan fingerprint density at radius 2 is 1.86 bits per heavy atom. The quantitative estimate of drug-likeness (QED) is 0.617. The van der Waals surface area contributed by atoms with Gasteiger partial charge in [-0.25, -0.2) is 8.42 Å². The molecule has 148 valence electrons. The van der Waals surface area contributed by atoms with Gasteiger partial charge in [-0.2, -0.15) is 0 Å². The highest BCUT2D eigenvalue weighted by Gasteiger charge is 2.20. The number of aromatic nitrogens is 1. The van der Waals surface area contributed by atoms with Crippen LogP contribution in [0.15, 0.2) is 70.6 Å². The van der Waals surface area contributed by atoms with E-state index >= 15 is 0 Å². The molecule has 3 aromatic rings. The third-order valence-electron chi connectivity index (χ3n) is 5.27. The van der Waals surface area contributed by atoms with E-state index in [-0.39, 0.29) is 17.3 Å². The van der Waals surface area contributed by atoms with Crippen LogP contribution >= 0.6 is 12.4 Å². The van der Waals surface area contributed by atoms with Gasteiger partial charge < -0.3 is 0 Å². The van der Waals surface area contributed by atoms with E-state index in [1.165, 1.54) is 19.0 Å². The Hall–Kier alpha value is -1.95. The molecule has 2 heterocycles. The Kier molecular flexibility index (Phi) is 6.38. The molecule has 4 rings (SSSR count). The fourth-order valence-corrected chi connectivity index (χ4v) is 5.15. The Balaban J connectivity index is 0.00000225. The summed E-state index contributed by atoms with van der Waals surface area (Å²) in [5, 5.41) is 0.870. The average molecular weight is 417 g/mol. The summed E-state index contributed by atoms with van der Waals surface area (Å²) in [6, 6.07) is 16.3. The summed E-state index contributed by atoms with van der Waals surface area (Å²) < 4.78 is 25.7. The molecule has 0 aliphatic carbocycles. The minimum atomic E-state index is -3.55. The summed E-state index contributed by atoms with van der Waals surface area (Å²) in [6.07, 6.45) is 4.02. The third-order valence-corrected chi connectivity index (χ3v) is 7.00. The molecule has 1 aliphatic rings. The van der Waals surface area contributed by atoms with Crippen LogP contribution in [0.1, 0.15) is 25.3 Å². The minimum Gasteiger partial charge on any atom is -0.299 e. The number of fused-ring (bicyclic) bond motifs is 1. The lowest BCUT2D eigenvalue weighted by molar-refractivity contribution is 0.177. The van der Waals surface area contributed by atoms with E-state index in [1.807, 2.05) is 18.2 Å². The van der Waals surface area contributed by atoms with Crippen molar-refractivity contribution in [3.63, 3.8) is 0 Å². The lowest BCUT2D eigenvalue weighted by Crippen LogP contribution is -2.33. The average Bonchev–Trinajstić information content (AvgIpc) is 2.68. The van der Waals surface area contributed by atoms with E-state index in [2.05, 4.69) is 22.9 Å². The lowest BCUT2D eigenvalue weighted by Gasteiger charge is -2.31. The number of likely N-dealkylation sites (tertiary alicyclic amines) is 1. The smallest absolute Gasteiger partial charge is 0.208 e. The molecule has 28 heavy (non-hydrogen) atoms. The van der Waals surface area contributed by atoms with Crippen molar-refractivity contribution in [2.75, 3.05) is 13.1 Å². The van der Waals surface area contributed by atoms with Gasteiger partial charge in [-0.15, -0.1) is 12.4 Å². The Morgan fingerprint density at radius 3 is 2.61 bits per heavy atom. The predicted molar refractivity (Wildman–Crippen MR) is 115 cm³/mol. The number of piperidine rings is 1. The van der Waals surface area contributed by atoms with Gasteiger partial charge in [-0.05, 0) is 49.1 Å². The molecule has 0 saturated carbocycles. The molecule has 0 bridgehead atoms. The van der Waals surface area contributed by atoms with E-state index in [0.29, 0.717) is 4.90 Å². The summed E-state index contributed by atoms with van der Waals surface area (Å²) in [7, 11) is -3.55. The second kappa shape index (κ2) is 8.60. The monoisotopic (exact) mass is 416 g/mol. The fraction of sp³-hybridized carbons (Fsp3) is 0.318. The molecule has 4 nitrogen and oxygen atoms in total. The Morgan fingerprint density at radius 1 is 1.07 bits per heavy atom. The van der Waals surface area contributed by atoms with Gasteiger partial charge in [0.2, 0.25) is 9.84 Å². The highest BCUT2D eigenvalue weighted by molar-refractivity contribution is 7.91. The van der Waals surface area contributed by atoms with E-state index in [4.69, 9.17) is 0 Å². The van der Waals surface area contributed by atoms with E-state index in [9.17, 15) is 8.42 Å². The van der Waals surface area contributed by atoms with Gasteiger partial charge in [-0.3, -0.25) is 9.88 Å². The zero-order valence-corrected chi connectivity index (χ0v) is 17.5. The number of sulfone groups is 1. The fourth-order valence-electron chi connectivity index (χ4n) is 3.89. The van der Waals surface area contributed by atoms with Crippen LogP contribution in [0.4, 0.5) is 0 Å². The van der Waals surface area contributed by atoms with E-state index in [0.717, 1.165) is 42.0 Å². The highest BCUT2D eigenvalue weighted by atomic mass is 35.5. The van der Waals surface area contributed by atoms with Gasteiger partial charge in [0.15, 0.2) is 0 Å². The second-order valence-corrected chi connectivity index (χ2v) is 9.41. The summed E-state index contributed by atoms with van der Waals surface area (Å²) in [5.41, 5.74) is 2.05. The van der Waals surface area contributed by atoms with Crippen LogP contribution in [-0.2, 0) is 16.4 Å². The molecule has 1 atom stereocenters. The molecular weight excluding hydrogens is 392 g/mol. The normalized spacial score (nSPS) is 18.0. The van der Waals surface area contributed by atoms with Crippen molar-refractivity contribution in [2.24, 2.45) is 5.92 Å². The van der Waals surface area contributed by atoms with Crippen LogP contribution in [0.25, 0.3) is 10.9 Å². The summed E-state index contributed by atoms with van der Waals surface area (Å²) in [5.74, 6) is 0.726. The largest absolute Gasteiger partial charge is 0.299 e. The summed E-state index contributed by atoms with van der Waals surface area (Å²) in [6.45, 7) is 5.38. The summed E-state index contributed by atoms with van der Waals surface area (Å²) in [4.78, 5) is 7.56. The van der Waals surface area contributed by atoms with Gasteiger partial charge in [-0.1, -0.05) is 43.3 Å². The van der Waals surface area contributed by atoms with E-state index < -0.39 is 9.84 Å². The van der Waals surface area contributed by atoms with Crippen molar-refractivity contribution in [3.05, 3.63) is 66.4 Å². The number of para-hydroxylation sites is 1. The van der Waals surface area contributed by atoms with Crippen molar-refractivity contribution >= 4 is 33.1 Å². The maximum atomic E-state index is 12.9. The molecule has 1 saturated heterocycles. The van der Waals surface area contributed by atoms with Crippen molar-refractivity contribution < 1.29 is 8.42 Å². The molecule has 0 spiro atoms. The number of rotatable bonds is 4. The molecule has 0 radical (unpaired) electrons. The first-order valence-corrected chi connectivity index (χ1v) is 10.9. The van der Waals surface area contributed by atoms with Crippen LogP contribution in [0, 0.1) is 5.92 Å². The molecule has 1 fully saturated rings. The van der Waals surface area contributed by atoms with Gasteiger partial charge in [0.05, 0.1) is 15.3 Å². The molecule has 1 aromatic heterocycles. The van der Waals surface area contributed by atoms with Crippen LogP contribution in [0.5, 0.6) is 0 Å². The van der Waals surface area contributed by atoms with Crippen LogP contribution in [-0.4, -0.2) is 31.4 Å². The van der Waals surface area contributed by atoms with Crippen LogP contribution in [0.2, 0.25) is 0 Å². The molecule has 0 N–H and O–H groups in total. The lowest BCUT2D eigenvalue weighted by atomic mass is 9.99. The van der Waals surface area contributed by atoms with Gasteiger partial charge >= 0.3 is 0 Å². The van der Waals surface area contributed by atoms with Crippen LogP contribution in [0.3, 0.4) is 0 Å². The number of nitrogens with zero attached hydrogens (tertiary/aromatic N) is 2. The molecule has 1 unspecified atom stereocenters. The Bertz CT molecular complexity index is 1050. The molecular formula is C22H25ClN2O2S. The maximum absolute atomic E-state index is 12.9. The zero-order chi connectivity index (χ0) is 18.9. The van der Waals surface area contributed by atoms with Crippen molar-refractivity contribution in [2.45, 2.75) is 36.1 Å². The van der Waals surface area contributed by atoms with Crippen molar-refractivity contribution in [1.29, 1.82) is 0 Å². The van der Waals surface area contributed by atoms with Gasteiger partial charge in [0.1, 0.15) is 0 Å². The van der Waals surface area contributed by atoms with Crippen molar-refractivity contribution in [1.82, 2.24) is 9.88 Å². The maximum Gasteiger partial charge on any atom is 0.208 e. The number of hydrogen-bond acceptors (Lipinski definition) is 4. The van der Waals surface area contributed by atoms with E-state index in [1.54, 1.807) is 30.3 Å². The Labute approximate surface area is 172 Å². The molecule has 1 aliphatic heterocycles. The number of hydrogen-bond donors (Lipinski definition) is 0. The van der Waals surface area contributed by atoms with Gasteiger partial charge in [0.25, 0.3) is 0 Å². The number of benzene rings is 2. The zero-order valence-electron chi connectivity index (χ0n) is 15.9. The second-order valence-electron chi connectivity index (χ2n) is 7.46. The third kappa shape index (κ3) is 4.22. The minimum absolute atomic E-state index is 0. The summed E-state index contributed by atoms with van der Waals surface area (Å²) >= 11 is 0. The first kappa shape index (κ1) is 20.8. The van der Waals surface area contributed by atoms with Crippen LogP contribution < -0.4 is 0 Å². The predicted octanol–water partition coefficient (Wildman–Crippen LogP) is 4.72.